The first-order valence-corrected chi connectivity index (χ1v) is 7.00. The van der Waals surface area contributed by atoms with Gasteiger partial charge in [0.25, 0.3) is 0 Å². The van der Waals surface area contributed by atoms with Crippen LogP contribution in [0.4, 0.5) is 0 Å². The van der Waals surface area contributed by atoms with Crippen LogP contribution in [0.1, 0.15) is 17.0 Å². The Kier molecular flexibility index (Phi) is 2.97. The minimum atomic E-state index is 0.818. The Morgan fingerprint density at radius 2 is 1.90 bits per heavy atom. The highest BCUT2D eigenvalue weighted by atomic mass is 15.4. The van der Waals surface area contributed by atoms with Crippen LogP contribution in [0, 0.1) is 0 Å². The first-order chi connectivity index (χ1) is 10.4. The molecule has 5 heteroatoms. The van der Waals surface area contributed by atoms with Crippen LogP contribution in [0.15, 0.2) is 54.9 Å². The van der Waals surface area contributed by atoms with E-state index in [1.54, 1.807) is 0 Å². The van der Waals surface area contributed by atoms with Crippen molar-refractivity contribution in [3.63, 3.8) is 0 Å². The predicted octanol–water partition coefficient (Wildman–Crippen LogP) is 2.18. The van der Waals surface area contributed by atoms with Crippen molar-refractivity contribution < 1.29 is 0 Å². The van der Waals surface area contributed by atoms with Gasteiger partial charge in [0.05, 0.1) is 23.3 Å². The Morgan fingerprint density at radius 1 is 1.00 bits per heavy atom. The van der Waals surface area contributed by atoms with Gasteiger partial charge >= 0.3 is 0 Å². The number of aromatic nitrogens is 4. The highest BCUT2D eigenvalue weighted by Gasteiger charge is 2.20. The van der Waals surface area contributed by atoms with Gasteiger partial charge in [-0.3, -0.25) is 9.88 Å². The van der Waals surface area contributed by atoms with Crippen molar-refractivity contribution in [2.45, 2.75) is 19.6 Å². The summed E-state index contributed by atoms with van der Waals surface area (Å²) in [7, 11) is 0. The van der Waals surface area contributed by atoms with Crippen molar-refractivity contribution in [2.24, 2.45) is 0 Å². The molecule has 3 heterocycles. The van der Waals surface area contributed by atoms with E-state index in [4.69, 9.17) is 0 Å². The predicted molar refractivity (Wildman–Crippen MR) is 78.5 cm³/mol. The van der Waals surface area contributed by atoms with E-state index in [0.717, 1.165) is 36.7 Å². The van der Waals surface area contributed by atoms with E-state index < -0.39 is 0 Å². The van der Waals surface area contributed by atoms with Crippen molar-refractivity contribution in [3.05, 3.63) is 71.8 Å². The van der Waals surface area contributed by atoms with Crippen LogP contribution in [0.25, 0.3) is 5.69 Å². The van der Waals surface area contributed by atoms with Crippen molar-refractivity contribution in [2.75, 3.05) is 0 Å². The van der Waals surface area contributed by atoms with E-state index in [1.807, 2.05) is 35.3 Å². The van der Waals surface area contributed by atoms with Gasteiger partial charge in [-0.15, -0.1) is 5.10 Å². The summed E-state index contributed by atoms with van der Waals surface area (Å²) in [6, 6.07) is 14.4. The zero-order valence-corrected chi connectivity index (χ0v) is 11.6. The molecule has 0 fully saturated rings. The van der Waals surface area contributed by atoms with Crippen LogP contribution in [0.3, 0.4) is 0 Å². The molecule has 104 valence electrons. The highest BCUT2D eigenvalue weighted by Crippen LogP contribution is 2.23. The van der Waals surface area contributed by atoms with Crippen molar-refractivity contribution in [1.82, 2.24) is 24.9 Å². The molecule has 1 aliphatic heterocycles. The third-order valence-electron chi connectivity index (χ3n) is 3.73. The average molecular weight is 277 g/mol. The smallest absolute Gasteiger partial charge is 0.0786 e. The van der Waals surface area contributed by atoms with Gasteiger partial charge in [-0.25, -0.2) is 4.68 Å². The lowest BCUT2D eigenvalue weighted by molar-refractivity contribution is 0.245. The summed E-state index contributed by atoms with van der Waals surface area (Å²) in [6.07, 6.45) is 3.68. The summed E-state index contributed by atoms with van der Waals surface area (Å²) >= 11 is 0. The van der Waals surface area contributed by atoms with E-state index in [1.165, 1.54) is 5.56 Å². The number of hydrogen-bond acceptors (Lipinski definition) is 4. The van der Waals surface area contributed by atoms with Crippen molar-refractivity contribution in [1.29, 1.82) is 0 Å². The van der Waals surface area contributed by atoms with Crippen molar-refractivity contribution >= 4 is 0 Å². The van der Waals surface area contributed by atoms with Gasteiger partial charge in [0.2, 0.25) is 0 Å². The summed E-state index contributed by atoms with van der Waals surface area (Å²) in [5.41, 5.74) is 4.57. The summed E-state index contributed by atoms with van der Waals surface area (Å²) in [6.45, 7) is 2.52. The molecule has 0 N–H and O–H groups in total. The Bertz CT molecular complexity index is 750. The first kappa shape index (κ1) is 12.2. The van der Waals surface area contributed by atoms with Crippen LogP contribution >= 0.6 is 0 Å². The van der Waals surface area contributed by atoms with Gasteiger partial charge in [-0.2, -0.15) is 0 Å². The summed E-state index contributed by atoms with van der Waals surface area (Å²) < 4.78 is 1.94. The van der Waals surface area contributed by atoms with Gasteiger partial charge in [0, 0.05) is 25.8 Å². The van der Waals surface area contributed by atoms with E-state index in [-0.39, 0.29) is 0 Å². The average Bonchev–Trinajstić information content (AvgIpc) is 2.91. The molecule has 0 radical (unpaired) electrons. The molecule has 0 saturated carbocycles. The third-order valence-corrected chi connectivity index (χ3v) is 3.73. The number of hydrogen-bond donors (Lipinski definition) is 0. The summed E-state index contributed by atoms with van der Waals surface area (Å²) in [4.78, 5) is 6.79. The molecule has 0 bridgehead atoms. The molecule has 4 rings (SSSR count). The second kappa shape index (κ2) is 5.10. The maximum atomic E-state index is 4.42. The van der Waals surface area contributed by atoms with Gasteiger partial charge in [0.1, 0.15) is 0 Å². The van der Waals surface area contributed by atoms with E-state index in [0.29, 0.717) is 0 Å². The number of fused-ring (bicyclic) bond motifs is 3. The Balaban J connectivity index is 1.71. The number of para-hydroxylation sites is 1. The lowest BCUT2D eigenvalue weighted by Crippen LogP contribution is -2.22. The molecule has 0 saturated heterocycles. The maximum Gasteiger partial charge on any atom is 0.0786 e. The molecule has 0 aliphatic carbocycles. The van der Waals surface area contributed by atoms with Crippen LogP contribution < -0.4 is 0 Å². The van der Waals surface area contributed by atoms with Gasteiger partial charge < -0.3 is 0 Å². The van der Waals surface area contributed by atoms with Crippen LogP contribution in [0.2, 0.25) is 0 Å². The van der Waals surface area contributed by atoms with E-state index >= 15 is 0 Å². The van der Waals surface area contributed by atoms with Gasteiger partial charge in [-0.1, -0.05) is 29.5 Å². The SMILES string of the molecule is c1ccc(CN2Cc3ccccc3-n3nncc3C2)nc1. The molecule has 3 aromatic rings. The molecule has 21 heavy (non-hydrogen) atoms. The minimum Gasteiger partial charge on any atom is -0.287 e. The van der Waals surface area contributed by atoms with Crippen LogP contribution in [-0.4, -0.2) is 24.9 Å². The number of rotatable bonds is 2. The summed E-state index contributed by atoms with van der Waals surface area (Å²) in [5, 5.41) is 8.28. The molecular weight excluding hydrogens is 262 g/mol. The molecule has 0 amide bonds. The second-order valence-corrected chi connectivity index (χ2v) is 5.23. The quantitative estimate of drug-likeness (QED) is 0.720. The topological polar surface area (TPSA) is 46.8 Å². The van der Waals surface area contributed by atoms with Crippen molar-refractivity contribution in [3.8, 4) is 5.69 Å². The Morgan fingerprint density at radius 3 is 2.81 bits per heavy atom. The molecule has 0 spiro atoms. The molecule has 0 atom stereocenters. The number of nitrogens with zero attached hydrogens (tertiary/aromatic N) is 5. The molecule has 1 aliphatic rings. The monoisotopic (exact) mass is 277 g/mol. The fraction of sp³-hybridized carbons (Fsp3) is 0.188. The molecule has 1 aromatic carbocycles. The lowest BCUT2D eigenvalue weighted by atomic mass is 10.1. The number of pyridine rings is 1. The molecular formula is C16H15N5. The first-order valence-electron chi connectivity index (χ1n) is 7.00. The second-order valence-electron chi connectivity index (χ2n) is 5.23. The zero-order chi connectivity index (χ0) is 14.1. The standard InChI is InChI=1S/C16H15N5/c1-2-7-16-13(5-1)10-20(11-14-6-3-4-8-17-14)12-15-9-18-19-21(15)16/h1-9H,10-12H2. The minimum absolute atomic E-state index is 0.818. The molecule has 5 nitrogen and oxygen atoms in total. The summed E-state index contributed by atoms with van der Waals surface area (Å²) in [5.74, 6) is 0. The van der Waals surface area contributed by atoms with E-state index in [2.05, 4.69) is 44.5 Å². The van der Waals surface area contributed by atoms with E-state index in [9.17, 15) is 0 Å². The molecule has 2 aromatic heterocycles. The lowest BCUT2D eigenvalue weighted by Gasteiger charge is -2.19. The number of benzene rings is 1. The Hall–Kier alpha value is -2.53. The largest absolute Gasteiger partial charge is 0.287 e. The maximum absolute atomic E-state index is 4.42. The van der Waals surface area contributed by atoms with Gasteiger partial charge in [0.15, 0.2) is 0 Å². The highest BCUT2D eigenvalue weighted by molar-refractivity contribution is 5.42. The molecule has 0 unspecified atom stereocenters. The normalized spacial score (nSPS) is 14.3. The fourth-order valence-corrected chi connectivity index (χ4v) is 2.78. The van der Waals surface area contributed by atoms with Crippen LogP contribution in [-0.2, 0) is 19.6 Å². The van der Waals surface area contributed by atoms with Gasteiger partial charge in [-0.05, 0) is 23.8 Å². The third kappa shape index (κ3) is 2.32. The fourth-order valence-electron chi connectivity index (χ4n) is 2.78. The van der Waals surface area contributed by atoms with Crippen LogP contribution in [0.5, 0.6) is 0 Å². The Labute approximate surface area is 122 Å². The zero-order valence-electron chi connectivity index (χ0n) is 11.6.